The van der Waals surface area contributed by atoms with Crippen molar-refractivity contribution in [1.29, 1.82) is 0 Å². The lowest BCUT2D eigenvalue weighted by atomic mass is 10.2. The number of nitrogens with one attached hydrogen (secondary N) is 1. The van der Waals surface area contributed by atoms with Crippen molar-refractivity contribution in [3.05, 3.63) is 42.6 Å². The number of benzene rings is 1. The number of nitrogens with zero attached hydrogens (tertiary/aromatic N) is 2. The summed E-state index contributed by atoms with van der Waals surface area (Å²) in [5.41, 5.74) is 2.66. The molecule has 0 spiro atoms. The quantitative estimate of drug-likeness (QED) is 0.691. The molecule has 0 bridgehead atoms. The van der Waals surface area contributed by atoms with E-state index in [1.165, 1.54) is 0 Å². The molecule has 5 nitrogen and oxygen atoms in total. The first-order valence-corrected chi connectivity index (χ1v) is 5.11. The van der Waals surface area contributed by atoms with Crippen molar-refractivity contribution < 1.29 is 9.63 Å². The van der Waals surface area contributed by atoms with Gasteiger partial charge in [-0.2, -0.15) is 0 Å². The average molecular weight is 227 g/mol. The van der Waals surface area contributed by atoms with Crippen LogP contribution in [0.1, 0.15) is 0 Å². The Morgan fingerprint density at radius 2 is 2.18 bits per heavy atom. The summed E-state index contributed by atoms with van der Waals surface area (Å²) in [5, 5.41) is 5.22. The van der Waals surface area contributed by atoms with E-state index < -0.39 is 0 Å². The first-order valence-electron chi connectivity index (χ1n) is 5.11. The zero-order valence-electron chi connectivity index (χ0n) is 8.83. The Kier molecular flexibility index (Phi) is 2.15. The summed E-state index contributed by atoms with van der Waals surface area (Å²) in [6, 6.07) is 11.7. The molecule has 3 aromatic rings. The molecule has 2 heterocycles. The molecule has 0 saturated carbocycles. The van der Waals surface area contributed by atoms with Gasteiger partial charge in [-0.15, -0.1) is 5.10 Å². The van der Waals surface area contributed by atoms with Gasteiger partial charge in [0.15, 0.2) is 0 Å². The van der Waals surface area contributed by atoms with Crippen molar-refractivity contribution in [2.45, 2.75) is 0 Å². The normalized spacial score (nSPS) is 10.6. The average Bonchev–Trinajstić information content (AvgIpc) is 2.94. The number of para-hydroxylation sites is 1. The van der Waals surface area contributed by atoms with Crippen molar-refractivity contribution in [2.75, 3.05) is 0 Å². The summed E-state index contributed by atoms with van der Waals surface area (Å²) in [4.78, 5) is 19.1. The smallest absolute Gasteiger partial charge is 0.323 e. The van der Waals surface area contributed by atoms with E-state index in [2.05, 4.69) is 14.9 Å². The third-order valence-corrected chi connectivity index (χ3v) is 2.52. The van der Waals surface area contributed by atoms with E-state index in [1.54, 1.807) is 12.3 Å². The molecule has 17 heavy (non-hydrogen) atoms. The van der Waals surface area contributed by atoms with E-state index in [4.69, 9.17) is 0 Å². The van der Waals surface area contributed by atoms with Gasteiger partial charge in [0.25, 0.3) is 0 Å². The van der Waals surface area contributed by atoms with Crippen molar-refractivity contribution in [3.63, 3.8) is 0 Å². The number of aromatic amines is 1. The summed E-state index contributed by atoms with van der Waals surface area (Å²) >= 11 is 0. The Labute approximate surface area is 96.6 Å². The van der Waals surface area contributed by atoms with Gasteiger partial charge in [0.1, 0.15) is 5.69 Å². The molecular formula is C12H9N3O2. The van der Waals surface area contributed by atoms with E-state index in [0.29, 0.717) is 6.47 Å². The van der Waals surface area contributed by atoms with Crippen molar-refractivity contribution >= 4 is 17.4 Å². The van der Waals surface area contributed by atoms with Crippen molar-refractivity contribution in [3.8, 4) is 11.4 Å². The van der Waals surface area contributed by atoms with Crippen LogP contribution < -0.4 is 4.84 Å². The minimum Gasteiger partial charge on any atom is -0.353 e. The maximum absolute atomic E-state index is 10.2. The Morgan fingerprint density at radius 3 is 3.00 bits per heavy atom. The minimum absolute atomic E-state index is 0.335. The Balaban J connectivity index is 2.04. The van der Waals surface area contributed by atoms with E-state index in [0.717, 1.165) is 27.1 Å². The van der Waals surface area contributed by atoms with Gasteiger partial charge in [-0.05, 0) is 18.2 Å². The van der Waals surface area contributed by atoms with Crippen LogP contribution in [0.25, 0.3) is 22.3 Å². The predicted octanol–water partition coefficient (Wildman–Crippen LogP) is 1.62. The topological polar surface area (TPSA) is 59.9 Å². The standard InChI is InChI=1S/C12H9N3O2/c16-8-17-15-6-5-11(14-15)12-7-9-3-1-2-4-10(9)13-12/h1-8,13H. The highest BCUT2D eigenvalue weighted by molar-refractivity contribution is 5.85. The molecule has 0 amide bonds. The van der Waals surface area contributed by atoms with Crippen LogP contribution in [0.15, 0.2) is 42.6 Å². The van der Waals surface area contributed by atoms with Gasteiger partial charge in [-0.1, -0.05) is 23.0 Å². The molecular weight excluding hydrogens is 218 g/mol. The van der Waals surface area contributed by atoms with E-state index in [1.807, 2.05) is 30.3 Å². The molecule has 3 rings (SSSR count). The lowest BCUT2D eigenvalue weighted by molar-refractivity contribution is -0.130. The highest BCUT2D eigenvalue weighted by Gasteiger charge is 2.06. The second-order valence-electron chi connectivity index (χ2n) is 3.58. The van der Waals surface area contributed by atoms with E-state index in [-0.39, 0.29) is 0 Å². The number of hydrogen-bond acceptors (Lipinski definition) is 3. The van der Waals surface area contributed by atoms with Gasteiger partial charge in [0.05, 0.1) is 11.9 Å². The van der Waals surface area contributed by atoms with Crippen molar-refractivity contribution in [2.24, 2.45) is 0 Å². The summed E-state index contributed by atoms with van der Waals surface area (Å²) in [6.45, 7) is 0.335. The van der Waals surface area contributed by atoms with Gasteiger partial charge < -0.3 is 9.82 Å². The molecule has 84 valence electrons. The van der Waals surface area contributed by atoms with Gasteiger partial charge >= 0.3 is 6.47 Å². The molecule has 1 aromatic carbocycles. The first kappa shape index (κ1) is 9.65. The van der Waals surface area contributed by atoms with Gasteiger partial charge in [-0.3, -0.25) is 4.79 Å². The van der Waals surface area contributed by atoms with Crippen LogP contribution in [-0.4, -0.2) is 21.4 Å². The summed E-state index contributed by atoms with van der Waals surface area (Å²) in [6.07, 6.45) is 1.58. The number of hydrogen-bond donors (Lipinski definition) is 1. The van der Waals surface area contributed by atoms with Crippen LogP contribution in [0, 0.1) is 0 Å². The molecule has 0 atom stereocenters. The number of fused-ring (bicyclic) bond motifs is 1. The summed E-state index contributed by atoms with van der Waals surface area (Å²) < 4.78 is 0. The van der Waals surface area contributed by atoms with Crippen LogP contribution in [0.5, 0.6) is 0 Å². The van der Waals surface area contributed by atoms with Crippen LogP contribution in [0.4, 0.5) is 0 Å². The van der Waals surface area contributed by atoms with Gasteiger partial charge in [0, 0.05) is 10.9 Å². The summed E-state index contributed by atoms with van der Waals surface area (Å²) in [7, 11) is 0. The van der Waals surface area contributed by atoms with Crippen molar-refractivity contribution in [1.82, 2.24) is 14.9 Å². The Hall–Kier alpha value is -2.56. The molecule has 0 aliphatic rings. The maximum atomic E-state index is 10.2. The van der Waals surface area contributed by atoms with Gasteiger partial charge in [-0.25, -0.2) is 0 Å². The molecule has 0 radical (unpaired) electrons. The van der Waals surface area contributed by atoms with Gasteiger partial charge in [0.2, 0.25) is 0 Å². The van der Waals surface area contributed by atoms with Crippen LogP contribution in [0.2, 0.25) is 0 Å². The number of rotatable bonds is 3. The monoisotopic (exact) mass is 227 g/mol. The molecule has 1 N–H and O–H groups in total. The largest absolute Gasteiger partial charge is 0.353 e. The zero-order valence-corrected chi connectivity index (χ0v) is 8.83. The molecule has 0 aliphatic carbocycles. The number of carbonyl (C=O) groups is 1. The lowest BCUT2D eigenvalue weighted by Crippen LogP contribution is -2.09. The Bertz CT molecular complexity index is 636. The second kappa shape index (κ2) is 3.79. The Morgan fingerprint density at radius 1 is 1.29 bits per heavy atom. The molecule has 0 unspecified atom stereocenters. The summed E-state index contributed by atoms with van der Waals surface area (Å²) in [5.74, 6) is 0. The third-order valence-electron chi connectivity index (χ3n) is 2.52. The third kappa shape index (κ3) is 1.67. The highest BCUT2D eigenvalue weighted by atomic mass is 16.7. The highest BCUT2D eigenvalue weighted by Crippen LogP contribution is 2.22. The lowest BCUT2D eigenvalue weighted by Gasteiger charge is -1.93. The predicted molar refractivity (Wildman–Crippen MR) is 62.2 cm³/mol. The fraction of sp³-hybridized carbons (Fsp3) is 0. The zero-order chi connectivity index (χ0) is 11.7. The van der Waals surface area contributed by atoms with Crippen LogP contribution in [-0.2, 0) is 4.79 Å². The molecule has 5 heteroatoms. The second-order valence-corrected chi connectivity index (χ2v) is 3.58. The van der Waals surface area contributed by atoms with E-state index >= 15 is 0 Å². The fourth-order valence-electron chi connectivity index (χ4n) is 1.77. The molecule has 2 aromatic heterocycles. The SMILES string of the molecule is O=COn1ccc(-c2cc3ccccc3[nH]2)n1. The number of H-pyrrole nitrogens is 1. The minimum atomic E-state index is 0.335. The van der Waals surface area contributed by atoms with Crippen LogP contribution >= 0.6 is 0 Å². The fourth-order valence-corrected chi connectivity index (χ4v) is 1.77. The van der Waals surface area contributed by atoms with E-state index in [9.17, 15) is 4.79 Å². The molecule has 0 fully saturated rings. The first-order chi connectivity index (χ1) is 8.36. The number of carbonyl (C=O) groups excluding carboxylic acids is 1. The molecule has 0 aliphatic heterocycles. The van der Waals surface area contributed by atoms with Crippen LogP contribution in [0.3, 0.4) is 0 Å². The maximum Gasteiger partial charge on any atom is 0.323 e. The molecule has 0 saturated heterocycles. The number of aromatic nitrogens is 3.